The Hall–Kier alpha value is -4.95. The zero-order chi connectivity index (χ0) is 28.9. The maximum atomic E-state index is 14.6. The van der Waals surface area contributed by atoms with Crippen molar-refractivity contribution in [3.8, 4) is 0 Å². The van der Waals surface area contributed by atoms with Crippen molar-refractivity contribution in [2.45, 2.75) is 37.5 Å². The van der Waals surface area contributed by atoms with Crippen molar-refractivity contribution in [3.05, 3.63) is 131 Å². The van der Waals surface area contributed by atoms with E-state index in [0.29, 0.717) is 30.6 Å². The number of hydrogen-bond acceptors (Lipinski definition) is 4. The number of rotatable bonds is 9. The van der Waals surface area contributed by atoms with Crippen molar-refractivity contribution in [2.75, 3.05) is 9.80 Å². The third kappa shape index (κ3) is 5.97. The monoisotopic (exact) mass is 548 g/mol. The number of carbonyl (C=O) groups is 3. The van der Waals surface area contributed by atoms with Crippen LogP contribution >= 0.6 is 0 Å². The molecule has 208 valence electrons. The molecule has 5 N–H and O–H groups in total. The lowest BCUT2D eigenvalue weighted by atomic mass is 9.87. The summed E-state index contributed by atoms with van der Waals surface area (Å²) in [5.41, 5.74) is 14.5. The van der Waals surface area contributed by atoms with Crippen LogP contribution in [0.15, 0.2) is 109 Å². The average molecular weight is 549 g/mol. The Morgan fingerprint density at radius 2 is 1.15 bits per heavy atom. The van der Waals surface area contributed by atoms with Gasteiger partial charge in [-0.1, -0.05) is 72.8 Å². The third-order valence-electron chi connectivity index (χ3n) is 7.54. The van der Waals surface area contributed by atoms with Gasteiger partial charge in [0, 0.05) is 22.5 Å². The lowest BCUT2D eigenvalue weighted by Crippen LogP contribution is -2.67. The molecule has 8 heteroatoms. The fourth-order valence-corrected chi connectivity index (χ4v) is 5.51. The van der Waals surface area contributed by atoms with Crippen molar-refractivity contribution in [2.24, 2.45) is 11.5 Å². The summed E-state index contributed by atoms with van der Waals surface area (Å²) in [6.07, 6.45) is 0.479. The third-order valence-corrected chi connectivity index (χ3v) is 7.54. The van der Waals surface area contributed by atoms with Gasteiger partial charge in [0.1, 0.15) is 0 Å². The van der Waals surface area contributed by atoms with Crippen LogP contribution < -0.4 is 21.3 Å². The number of nitrogens with zero attached hydrogens (tertiary/aromatic N) is 2. The van der Waals surface area contributed by atoms with E-state index in [2.05, 4.69) is 0 Å². The summed E-state index contributed by atoms with van der Waals surface area (Å²) in [7, 11) is 0. The molecular formula is C33H32N4O4. The molecule has 41 heavy (non-hydrogen) atoms. The summed E-state index contributed by atoms with van der Waals surface area (Å²) >= 11 is 0. The Morgan fingerprint density at radius 3 is 1.66 bits per heavy atom. The molecule has 4 aromatic rings. The van der Waals surface area contributed by atoms with Gasteiger partial charge in [0.25, 0.3) is 0 Å². The average Bonchev–Trinajstić information content (AvgIpc) is 2.99. The molecule has 8 nitrogen and oxygen atoms in total. The minimum Gasteiger partial charge on any atom is -0.389 e. The highest BCUT2D eigenvalue weighted by Crippen LogP contribution is 2.36. The van der Waals surface area contributed by atoms with Gasteiger partial charge in [-0.2, -0.15) is 0 Å². The first-order chi connectivity index (χ1) is 19.8. The normalized spacial score (nSPS) is 18.8. The summed E-state index contributed by atoms with van der Waals surface area (Å²) in [4.78, 5) is 41.7. The molecule has 0 spiro atoms. The topological polar surface area (TPSA) is 130 Å². The Labute approximate surface area is 238 Å². The van der Waals surface area contributed by atoms with Crippen LogP contribution in [0.1, 0.15) is 38.3 Å². The van der Waals surface area contributed by atoms with Gasteiger partial charge < -0.3 is 16.6 Å². The highest BCUT2D eigenvalue weighted by Gasteiger charge is 2.47. The molecule has 0 bridgehead atoms. The van der Waals surface area contributed by atoms with Crippen LogP contribution in [0.2, 0.25) is 0 Å². The SMILES string of the molecule is NC(=O)c1cccc(N2C(=O)N(c3cccc(C(N)=O)c3)[C@H](Cc3ccccc3)[C@H](O)[C@H]2CCc2ccccc2)c1. The Bertz CT molecular complexity index is 1540. The quantitative estimate of drug-likeness (QED) is 0.288. The number of anilines is 2. The molecule has 1 fully saturated rings. The molecule has 1 aliphatic heterocycles. The molecule has 4 aromatic carbocycles. The summed E-state index contributed by atoms with van der Waals surface area (Å²) in [6.45, 7) is 0. The number of benzene rings is 4. The van der Waals surface area contributed by atoms with E-state index in [1.54, 1.807) is 53.4 Å². The minimum atomic E-state index is -0.994. The van der Waals surface area contributed by atoms with Crippen LogP contribution in [0.4, 0.5) is 16.2 Å². The smallest absolute Gasteiger partial charge is 0.329 e. The largest absolute Gasteiger partial charge is 0.389 e. The maximum Gasteiger partial charge on any atom is 0.329 e. The van der Waals surface area contributed by atoms with E-state index in [0.717, 1.165) is 11.1 Å². The number of aliphatic hydroxyl groups excluding tert-OH is 1. The zero-order valence-electron chi connectivity index (χ0n) is 22.5. The fraction of sp³-hybridized carbons (Fsp3) is 0.182. The van der Waals surface area contributed by atoms with Gasteiger partial charge in [-0.3, -0.25) is 19.4 Å². The maximum absolute atomic E-state index is 14.6. The summed E-state index contributed by atoms with van der Waals surface area (Å²) in [5, 5.41) is 12.1. The second kappa shape index (κ2) is 12.1. The van der Waals surface area contributed by atoms with Gasteiger partial charge in [-0.15, -0.1) is 0 Å². The molecule has 0 saturated carbocycles. The van der Waals surface area contributed by atoms with E-state index in [1.165, 1.54) is 4.90 Å². The number of aryl methyl sites for hydroxylation is 1. The van der Waals surface area contributed by atoms with Gasteiger partial charge in [0.2, 0.25) is 11.8 Å². The molecule has 0 aliphatic carbocycles. The molecule has 0 unspecified atom stereocenters. The predicted octanol–water partition coefficient (Wildman–Crippen LogP) is 4.30. The molecule has 1 heterocycles. The van der Waals surface area contributed by atoms with Crippen molar-refractivity contribution in [1.82, 2.24) is 0 Å². The molecule has 0 aromatic heterocycles. The first-order valence-corrected chi connectivity index (χ1v) is 13.5. The number of primary amides is 2. The minimum absolute atomic E-state index is 0.247. The predicted molar refractivity (Wildman–Crippen MR) is 159 cm³/mol. The van der Waals surface area contributed by atoms with E-state index >= 15 is 0 Å². The van der Waals surface area contributed by atoms with Crippen LogP contribution in [0.5, 0.6) is 0 Å². The number of hydrogen-bond donors (Lipinski definition) is 3. The fourth-order valence-electron chi connectivity index (χ4n) is 5.51. The van der Waals surface area contributed by atoms with E-state index in [-0.39, 0.29) is 11.1 Å². The Kier molecular flexibility index (Phi) is 8.12. The second-order valence-corrected chi connectivity index (χ2v) is 10.2. The molecule has 1 saturated heterocycles. The van der Waals surface area contributed by atoms with Crippen molar-refractivity contribution in [3.63, 3.8) is 0 Å². The van der Waals surface area contributed by atoms with Crippen LogP contribution in [-0.4, -0.2) is 41.1 Å². The van der Waals surface area contributed by atoms with Gasteiger partial charge in [-0.05, 0) is 66.8 Å². The molecular weight excluding hydrogens is 516 g/mol. The van der Waals surface area contributed by atoms with Crippen molar-refractivity contribution in [1.29, 1.82) is 0 Å². The number of carbonyl (C=O) groups excluding carboxylic acids is 3. The highest BCUT2D eigenvalue weighted by atomic mass is 16.3. The molecule has 0 radical (unpaired) electrons. The van der Waals surface area contributed by atoms with E-state index in [1.807, 2.05) is 60.7 Å². The molecule has 5 rings (SSSR count). The second-order valence-electron chi connectivity index (χ2n) is 10.2. The van der Waals surface area contributed by atoms with Crippen LogP contribution in [0.3, 0.4) is 0 Å². The Morgan fingerprint density at radius 1 is 0.659 bits per heavy atom. The zero-order valence-corrected chi connectivity index (χ0v) is 22.5. The number of aliphatic hydroxyl groups is 1. The molecule has 4 amide bonds. The van der Waals surface area contributed by atoms with Crippen LogP contribution in [0.25, 0.3) is 0 Å². The Balaban J connectivity index is 1.63. The number of amides is 4. The van der Waals surface area contributed by atoms with Gasteiger partial charge >= 0.3 is 6.03 Å². The van der Waals surface area contributed by atoms with Gasteiger partial charge in [0.15, 0.2) is 0 Å². The summed E-state index contributed by atoms with van der Waals surface area (Å²) in [5.74, 6) is -1.24. The highest BCUT2D eigenvalue weighted by molar-refractivity contribution is 6.07. The standard InChI is InChI=1S/C33H32N4O4/c34-31(39)24-13-7-15-26(20-24)36-28(18-17-22-9-3-1-4-10-22)30(38)29(19-23-11-5-2-6-12-23)37(33(36)41)27-16-8-14-25(21-27)32(35)40/h1-16,20-21,28-30,38H,17-19H2,(H2,34,39)(H2,35,40)/t28-,29-,30-/m1/s1. The van der Waals surface area contributed by atoms with E-state index in [9.17, 15) is 19.5 Å². The van der Waals surface area contributed by atoms with Crippen LogP contribution in [0, 0.1) is 0 Å². The number of nitrogens with two attached hydrogens (primary N) is 2. The van der Waals surface area contributed by atoms with Gasteiger partial charge in [0.05, 0.1) is 18.2 Å². The van der Waals surface area contributed by atoms with Crippen molar-refractivity contribution >= 4 is 29.2 Å². The lowest BCUT2D eigenvalue weighted by Gasteiger charge is -2.49. The number of urea groups is 1. The first kappa shape index (κ1) is 27.6. The lowest BCUT2D eigenvalue weighted by molar-refractivity contribution is 0.0957. The summed E-state index contributed by atoms with van der Waals surface area (Å²) in [6, 6.07) is 30.9. The first-order valence-electron chi connectivity index (χ1n) is 13.5. The van der Waals surface area contributed by atoms with Gasteiger partial charge in [-0.25, -0.2) is 4.79 Å². The molecule has 3 atom stereocenters. The van der Waals surface area contributed by atoms with Crippen LogP contribution in [-0.2, 0) is 12.8 Å². The van der Waals surface area contributed by atoms with E-state index in [4.69, 9.17) is 11.5 Å². The molecule has 1 aliphatic rings. The summed E-state index contributed by atoms with van der Waals surface area (Å²) < 4.78 is 0. The van der Waals surface area contributed by atoms with E-state index < -0.39 is 36.0 Å². The van der Waals surface area contributed by atoms with Crippen molar-refractivity contribution < 1.29 is 19.5 Å².